The second-order valence-electron chi connectivity index (χ2n) is 8.76. The molecule has 4 aromatic rings. The number of ether oxygens (including phenoxy) is 2. The Bertz CT molecular complexity index is 1580. The van der Waals surface area contributed by atoms with E-state index in [2.05, 4.69) is 4.74 Å². The molecule has 0 spiro atoms. The number of amides is 1. The average molecular weight is 530 g/mol. The standard InChI is InChI=1S/C31H22F3NO4/c1-38-30(37)22-13-9-10-20(18-22)19-35-25-16-7-5-14-23(25)28(29(35)36)27(21-11-3-2-4-12-21)24-15-6-8-17-26(24)39-31(32,33)34/h2-18H,19H2,1H3/b28-27+. The summed E-state index contributed by atoms with van der Waals surface area (Å²) in [5.74, 6) is -1.30. The zero-order valence-corrected chi connectivity index (χ0v) is 20.7. The SMILES string of the molecule is COC(=O)c1cccc(CN2C(=O)/C(=C(\c3ccccc3)c3ccccc3OC(F)(F)F)c3ccccc32)c1. The van der Waals surface area contributed by atoms with Gasteiger partial charge in [-0.3, -0.25) is 4.79 Å². The van der Waals surface area contributed by atoms with Crippen LogP contribution in [0.4, 0.5) is 18.9 Å². The Balaban J connectivity index is 1.70. The van der Waals surface area contributed by atoms with Crippen molar-refractivity contribution >= 4 is 28.7 Å². The summed E-state index contributed by atoms with van der Waals surface area (Å²) < 4.78 is 49.3. The lowest BCUT2D eigenvalue weighted by Gasteiger charge is -2.19. The number of carbonyl (C=O) groups is 2. The number of nitrogens with zero attached hydrogens (tertiary/aromatic N) is 1. The predicted molar refractivity (Wildman–Crippen MR) is 141 cm³/mol. The third-order valence-electron chi connectivity index (χ3n) is 6.31. The molecule has 1 aliphatic rings. The van der Waals surface area contributed by atoms with Crippen molar-refractivity contribution < 1.29 is 32.2 Å². The molecule has 5 rings (SSSR count). The Morgan fingerprint density at radius 1 is 0.821 bits per heavy atom. The lowest BCUT2D eigenvalue weighted by molar-refractivity contribution is -0.274. The molecule has 8 heteroatoms. The molecular weight excluding hydrogens is 507 g/mol. The first-order valence-corrected chi connectivity index (χ1v) is 12.0. The van der Waals surface area contributed by atoms with Crippen LogP contribution in [-0.2, 0) is 16.1 Å². The van der Waals surface area contributed by atoms with Crippen LogP contribution in [0.5, 0.6) is 5.75 Å². The van der Waals surface area contributed by atoms with Crippen LogP contribution < -0.4 is 9.64 Å². The second kappa shape index (κ2) is 10.5. The summed E-state index contributed by atoms with van der Waals surface area (Å²) >= 11 is 0. The highest BCUT2D eigenvalue weighted by atomic mass is 19.4. The van der Waals surface area contributed by atoms with Crippen LogP contribution in [0.25, 0.3) is 11.1 Å². The molecule has 5 nitrogen and oxygen atoms in total. The summed E-state index contributed by atoms with van der Waals surface area (Å²) in [6.07, 6.45) is -4.92. The van der Waals surface area contributed by atoms with Gasteiger partial charge >= 0.3 is 12.3 Å². The van der Waals surface area contributed by atoms with Crippen molar-refractivity contribution in [1.82, 2.24) is 0 Å². The van der Waals surface area contributed by atoms with E-state index < -0.39 is 18.1 Å². The van der Waals surface area contributed by atoms with Crippen molar-refractivity contribution in [2.24, 2.45) is 0 Å². The van der Waals surface area contributed by atoms with Gasteiger partial charge in [-0.15, -0.1) is 13.2 Å². The first kappa shape index (κ1) is 25.8. The van der Waals surface area contributed by atoms with Crippen LogP contribution in [0.2, 0.25) is 0 Å². The van der Waals surface area contributed by atoms with Crippen molar-refractivity contribution in [1.29, 1.82) is 0 Å². The summed E-state index contributed by atoms with van der Waals surface area (Å²) in [6, 6.07) is 28.4. The largest absolute Gasteiger partial charge is 0.573 e. The summed E-state index contributed by atoms with van der Waals surface area (Å²) in [5.41, 5.74) is 3.46. The lowest BCUT2D eigenvalue weighted by Crippen LogP contribution is -2.26. The maximum atomic E-state index is 14.1. The molecule has 1 amide bonds. The van der Waals surface area contributed by atoms with Crippen molar-refractivity contribution in [3.05, 3.63) is 131 Å². The van der Waals surface area contributed by atoms with Crippen molar-refractivity contribution in [2.45, 2.75) is 12.9 Å². The Labute approximate surface area is 222 Å². The van der Waals surface area contributed by atoms with Gasteiger partial charge in [-0.05, 0) is 35.4 Å². The lowest BCUT2D eigenvalue weighted by atomic mass is 9.89. The van der Waals surface area contributed by atoms with E-state index in [4.69, 9.17) is 4.74 Å². The minimum atomic E-state index is -4.92. The number of hydrogen-bond donors (Lipinski definition) is 0. The molecule has 0 unspecified atom stereocenters. The molecule has 1 heterocycles. The van der Waals surface area contributed by atoms with Gasteiger partial charge in [-0.1, -0.05) is 78.9 Å². The first-order chi connectivity index (χ1) is 18.8. The Morgan fingerprint density at radius 2 is 1.49 bits per heavy atom. The molecule has 0 aliphatic carbocycles. The van der Waals surface area contributed by atoms with E-state index in [1.54, 1.807) is 89.8 Å². The van der Waals surface area contributed by atoms with E-state index in [0.717, 1.165) is 0 Å². The summed E-state index contributed by atoms with van der Waals surface area (Å²) in [6.45, 7) is 0.132. The van der Waals surface area contributed by atoms with Gasteiger partial charge in [0.05, 0.1) is 30.5 Å². The van der Waals surface area contributed by atoms with Crippen molar-refractivity contribution in [3.8, 4) is 5.75 Å². The highest BCUT2D eigenvalue weighted by molar-refractivity contribution is 6.39. The maximum Gasteiger partial charge on any atom is 0.573 e. The number of halogens is 3. The number of methoxy groups -OCH3 is 1. The van der Waals surface area contributed by atoms with Crippen LogP contribution in [0.15, 0.2) is 103 Å². The van der Waals surface area contributed by atoms with Gasteiger partial charge < -0.3 is 14.4 Å². The Hall–Kier alpha value is -4.85. The fraction of sp³-hybridized carbons (Fsp3) is 0.0968. The quantitative estimate of drug-likeness (QED) is 0.202. The van der Waals surface area contributed by atoms with E-state index in [-0.39, 0.29) is 23.6 Å². The molecule has 39 heavy (non-hydrogen) atoms. The number of benzene rings is 4. The van der Waals surface area contributed by atoms with Crippen LogP contribution >= 0.6 is 0 Å². The fourth-order valence-corrected chi connectivity index (χ4v) is 4.70. The van der Waals surface area contributed by atoms with Crippen molar-refractivity contribution in [2.75, 3.05) is 12.0 Å². The van der Waals surface area contributed by atoms with E-state index in [1.165, 1.54) is 25.3 Å². The molecule has 1 aliphatic heterocycles. The molecule has 196 valence electrons. The Morgan fingerprint density at radius 3 is 2.23 bits per heavy atom. The fourth-order valence-electron chi connectivity index (χ4n) is 4.70. The molecule has 0 saturated carbocycles. The molecule has 0 bridgehead atoms. The predicted octanol–water partition coefficient (Wildman–Crippen LogP) is 6.88. The number of esters is 1. The van der Waals surface area contributed by atoms with Gasteiger partial charge in [-0.25, -0.2) is 4.79 Å². The minimum Gasteiger partial charge on any atom is -0.465 e. The van der Waals surface area contributed by atoms with E-state index in [1.807, 2.05) is 0 Å². The van der Waals surface area contributed by atoms with E-state index >= 15 is 0 Å². The van der Waals surface area contributed by atoms with Gasteiger partial charge in [0.2, 0.25) is 0 Å². The average Bonchev–Trinajstić information content (AvgIpc) is 3.20. The van der Waals surface area contributed by atoms with Crippen LogP contribution in [0, 0.1) is 0 Å². The number of anilines is 1. The van der Waals surface area contributed by atoms with Crippen LogP contribution in [-0.4, -0.2) is 25.3 Å². The number of rotatable bonds is 6. The molecule has 0 atom stereocenters. The molecule has 0 radical (unpaired) electrons. The van der Waals surface area contributed by atoms with Crippen LogP contribution in [0.1, 0.15) is 32.6 Å². The van der Waals surface area contributed by atoms with Gasteiger partial charge in [0, 0.05) is 16.7 Å². The highest BCUT2D eigenvalue weighted by Crippen LogP contribution is 2.45. The monoisotopic (exact) mass is 529 g/mol. The summed E-state index contributed by atoms with van der Waals surface area (Å²) in [7, 11) is 1.29. The smallest absolute Gasteiger partial charge is 0.465 e. The molecule has 0 N–H and O–H groups in total. The maximum absolute atomic E-state index is 14.1. The van der Waals surface area contributed by atoms with E-state index in [9.17, 15) is 22.8 Å². The normalized spacial score (nSPS) is 14.2. The van der Waals surface area contributed by atoms with Gasteiger partial charge in [0.25, 0.3) is 5.91 Å². The second-order valence-corrected chi connectivity index (χ2v) is 8.76. The zero-order chi connectivity index (χ0) is 27.6. The van der Waals surface area contributed by atoms with Gasteiger partial charge in [-0.2, -0.15) is 0 Å². The van der Waals surface area contributed by atoms with Gasteiger partial charge in [0.15, 0.2) is 0 Å². The highest BCUT2D eigenvalue weighted by Gasteiger charge is 2.37. The number of fused-ring (bicyclic) bond motifs is 1. The van der Waals surface area contributed by atoms with Gasteiger partial charge in [0.1, 0.15) is 5.75 Å². The summed E-state index contributed by atoms with van der Waals surface area (Å²) in [5, 5.41) is 0. The molecular formula is C31H22F3NO4. The zero-order valence-electron chi connectivity index (χ0n) is 20.7. The molecule has 4 aromatic carbocycles. The molecule has 0 saturated heterocycles. The minimum absolute atomic E-state index is 0.132. The van der Waals surface area contributed by atoms with E-state index in [0.29, 0.717) is 33.5 Å². The number of para-hydroxylation sites is 2. The van der Waals surface area contributed by atoms with Crippen LogP contribution in [0.3, 0.4) is 0 Å². The number of hydrogen-bond acceptors (Lipinski definition) is 4. The first-order valence-electron chi connectivity index (χ1n) is 12.0. The Kier molecular flexibility index (Phi) is 6.94. The topological polar surface area (TPSA) is 55.8 Å². The number of carbonyl (C=O) groups excluding carboxylic acids is 2. The van der Waals surface area contributed by atoms with Crippen molar-refractivity contribution in [3.63, 3.8) is 0 Å². The molecule has 0 fully saturated rings. The summed E-state index contributed by atoms with van der Waals surface area (Å²) in [4.78, 5) is 27.7. The third-order valence-corrected chi connectivity index (χ3v) is 6.31. The number of alkyl halides is 3. The molecule has 0 aromatic heterocycles. The third kappa shape index (κ3) is 5.27.